The van der Waals surface area contributed by atoms with Crippen molar-refractivity contribution >= 4 is 16.6 Å². The van der Waals surface area contributed by atoms with Crippen molar-refractivity contribution in [3.05, 3.63) is 76.0 Å². The van der Waals surface area contributed by atoms with E-state index in [0.29, 0.717) is 18.7 Å². The number of para-hydroxylation sites is 1. The highest BCUT2D eigenvalue weighted by molar-refractivity contribution is 5.81. The fraction of sp³-hybridized carbons (Fsp3) is 0.125. The molecule has 0 radical (unpaired) electrons. The van der Waals surface area contributed by atoms with Gasteiger partial charge in [-0.15, -0.1) is 0 Å². The fourth-order valence-electron chi connectivity index (χ4n) is 2.52. The molecule has 0 aliphatic carbocycles. The first-order valence-electron chi connectivity index (χ1n) is 6.69. The number of fused-ring (bicyclic) bond motifs is 1. The lowest BCUT2D eigenvalue weighted by Gasteiger charge is -2.07. The molecule has 0 atom stereocenters. The molecule has 2 N–H and O–H groups in total. The summed E-state index contributed by atoms with van der Waals surface area (Å²) in [7, 11) is 0. The van der Waals surface area contributed by atoms with E-state index in [4.69, 9.17) is 5.73 Å². The average molecular weight is 281 g/mol. The second-order valence-corrected chi connectivity index (χ2v) is 4.93. The number of benzene rings is 2. The number of rotatable bonds is 4. The highest BCUT2D eigenvalue weighted by Crippen LogP contribution is 2.23. The lowest BCUT2D eigenvalue weighted by molar-refractivity contribution is -0.385. The molecule has 5 heteroatoms. The molecule has 0 aliphatic rings. The first-order chi connectivity index (χ1) is 10.2. The van der Waals surface area contributed by atoms with E-state index < -0.39 is 0 Å². The molecule has 0 fully saturated rings. The number of aromatic nitrogens is 1. The van der Waals surface area contributed by atoms with E-state index in [1.54, 1.807) is 12.1 Å². The standard InChI is InChI=1S/C16H15N3O2/c17-10-12-5-6-15-13(9-12)7-8-18(15)11-14-3-1-2-4-16(14)19(20)21/h1-9H,10-11,17H2. The van der Waals surface area contributed by atoms with Gasteiger partial charge in [-0.3, -0.25) is 10.1 Å². The molecular weight excluding hydrogens is 266 g/mol. The van der Waals surface area contributed by atoms with E-state index in [1.165, 1.54) is 6.07 Å². The van der Waals surface area contributed by atoms with Gasteiger partial charge in [0.05, 0.1) is 11.5 Å². The third-order valence-corrected chi connectivity index (χ3v) is 3.60. The van der Waals surface area contributed by atoms with Crippen LogP contribution in [0.1, 0.15) is 11.1 Å². The van der Waals surface area contributed by atoms with Crippen molar-refractivity contribution in [1.29, 1.82) is 0 Å². The molecule has 1 aromatic heterocycles. The van der Waals surface area contributed by atoms with Crippen molar-refractivity contribution in [2.75, 3.05) is 0 Å². The second kappa shape index (κ2) is 5.38. The normalized spacial score (nSPS) is 10.9. The van der Waals surface area contributed by atoms with Gasteiger partial charge in [-0.25, -0.2) is 0 Å². The van der Waals surface area contributed by atoms with Crippen LogP contribution in [0.3, 0.4) is 0 Å². The van der Waals surface area contributed by atoms with Gasteiger partial charge >= 0.3 is 0 Å². The van der Waals surface area contributed by atoms with Gasteiger partial charge in [0.15, 0.2) is 0 Å². The van der Waals surface area contributed by atoms with Gasteiger partial charge in [-0.1, -0.05) is 24.3 Å². The Morgan fingerprint density at radius 3 is 2.71 bits per heavy atom. The molecule has 2 aromatic carbocycles. The van der Waals surface area contributed by atoms with Crippen LogP contribution in [0.25, 0.3) is 10.9 Å². The topological polar surface area (TPSA) is 74.1 Å². The van der Waals surface area contributed by atoms with Gasteiger partial charge in [-0.2, -0.15) is 0 Å². The van der Waals surface area contributed by atoms with E-state index in [9.17, 15) is 10.1 Å². The molecule has 3 rings (SSSR count). The second-order valence-electron chi connectivity index (χ2n) is 4.93. The molecule has 106 valence electrons. The largest absolute Gasteiger partial charge is 0.343 e. The molecular formula is C16H15N3O2. The van der Waals surface area contributed by atoms with Crippen LogP contribution in [0.4, 0.5) is 5.69 Å². The quantitative estimate of drug-likeness (QED) is 0.590. The minimum Gasteiger partial charge on any atom is -0.343 e. The minimum absolute atomic E-state index is 0.151. The Bertz CT molecular complexity index is 808. The average Bonchev–Trinajstić information content (AvgIpc) is 2.90. The van der Waals surface area contributed by atoms with Crippen LogP contribution in [0, 0.1) is 10.1 Å². The van der Waals surface area contributed by atoms with Crippen LogP contribution >= 0.6 is 0 Å². The van der Waals surface area contributed by atoms with Crippen molar-refractivity contribution < 1.29 is 4.92 Å². The number of nitro benzene ring substituents is 1. The monoisotopic (exact) mass is 281 g/mol. The molecule has 3 aromatic rings. The number of hydrogen-bond donors (Lipinski definition) is 1. The molecule has 0 amide bonds. The summed E-state index contributed by atoms with van der Waals surface area (Å²) in [5.41, 5.74) is 8.61. The molecule has 5 nitrogen and oxygen atoms in total. The van der Waals surface area contributed by atoms with Crippen LogP contribution in [-0.4, -0.2) is 9.49 Å². The van der Waals surface area contributed by atoms with Crippen molar-refractivity contribution in [1.82, 2.24) is 4.57 Å². The van der Waals surface area contributed by atoms with Crippen LogP contribution in [-0.2, 0) is 13.1 Å². The molecule has 0 spiro atoms. The molecule has 21 heavy (non-hydrogen) atoms. The van der Waals surface area contributed by atoms with E-state index in [2.05, 4.69) is 0 Å². The predicted octanol–water partition coefficient (Wildman–Crippen LogP) is 3.06. The molecule has 0 aliphatic heterocycles. The van der Waals surface area contributed by atoms with Gasteiger partial charge in [0.2, 0.25) is 0 Å². The zero-order valence-corrected chi connectivity index (χ0v) is 11.4. The zero-order chi connectivity index (χ0) is 14.8. The summed E-state index contributed by atoms with van der Waals surface area (Å²) in [6, 6.07) is 14.9. The first-order valence-corrected chi connectivity index (χ1v) is 6.69. The van der Waals surface area contributed by atoms with Gasteiger partial charge in [0.25, 0.3) is 5.69 Å². The highest BCUT2D eigenvalue weighted by atomic mass is 16.6. The van der Waals surface area contributed by atoms with E-state index >= 15 is 0 Å². The Morgan fingerprint density at radius 1 is 1.14 bits per heavy atom. The summed E-state index contributed by atoms with van der Waals surface area (Å²) < 4.78 is 2.01. The Kier molecular flexibility index (Phi) is 3.41. The number of hydrogen-bond acceptors (Lipinski definition) is 3. The Hall–Kier alpha value is -2.66. The summed E-state index contributed by atoms with van der Waals surface area (Å²) in [4.78, 5) is 10.7. The lowest BCUT2D eigenvalue weighted by atomic mass is 10.1. The summed E-state index contributed by atoms with van der Waals surface area (Å²) >= 11 is 0. The van der Waals surface area contributed by atoms with Crippen LogP contribution in [0.2, 0.25) is 0 Å². The van der Waals surface area contributed by atoms with Crippen molar-refractivity contribution in [2.24, 2.45) is 5.73 Å². The first kappa shape index (κ1) is 13.3. The molecule has 0 saturated carbocycles. The summed E-state index contributed by atoms with van der Waals surface area (Å²) in [6.45, 7) is 0.980. The van der Waals surface area contributed by atoms with Gasteiger partial charge < -0.3 is 10.3 Å². The van der Waals surface area contributed by atoms with Crippen molar-refractivity contribution in [3.8, 4) is 0 Å². The van der Waals surface area contributed by atoms with E-state index in [1.807, 2.05) is 41.1 Å². The third-order valence-electron chi connectivity index (χ3n) is 3.60. The van der Waals surface area contributed by atoms with Crippen LogP contribution in [0.15, 0.2) is 54.7 Å². The Labute approximate surface area is 121 Å². The fourth-order valence-corrected chi connectivity index (χ4v) is 2.52. The zero-order valence-electron chi connectivity index (χ0n) is 11.4. The third kappa shape index (κ3) is 2.51. The summed E-state index contributed by atoms with van der Waals surface area (Å²) in [5.74, 6) is 0. The van der Waals surface area contributed by atoms with Crippen molar-refractivity contribution in [3.63, 3.8) is 0 Å². The summed E-state index contributed by atoms with van der Waals surface area (Å²) in [6.07, 6.45) is 1.95. The maximum atomic E-state index is 11.1. The maximum absolute atomic E-state index is 11.1. The molecule has 0 unspecified atom stereocenters. The van der Waals surface area contributed by atoms with Gasteiger partial charge in [-0.05, 0) is 29.1 Å². The lowest BCUT2D eigenvalue weighted by Crippen LogP contribution is -2.02. The molecule has 0 bridgehead atoms. The molecule has 1 heterocycles. The minimum atomic E-state index is -0.340. The Balaban J connectivity index is 2.01. The maximum Gasteiger partial charge on any atom is 0.274 e. The van der Waals surface area contributed by atoms with Gasteiger partial charge in [0, 0.05) is 29.9 Å². The smallest absolute Gasteiger partial charge is 0.274 e. The number of nitrogens with two attached hydrogens (primary N) is 1. The Morgan fingerprint density at radius 2 is 1.95 bits per heavy atom. The predicted molar refractivity (Wildman–Crippen MR) is 82.0 cm³/mol. The number of nitrogens with zero attached hydrogens (tertiary/aromatic N) is 2. The van der Waals surface area contributed by atoms with E-state index in [0.717, 1.165) is 16.5 Å². The molecule has 0 saturated heterocycles. The van der Waals surface area contributed by atoms with Crippen LogP contribution in [0.5, 0.6) is 0 Å². The van der Waals surface area contributed by atoms with Gasteiger partial charge in [0.1, 0.15) is 0 Å². The number of nitro groups is 1. The van der Waals surface area contributed by atoms with Crippen molar-refractivity contribution in [2.45, 2.75) is 13.1 Å². The SMILES string of the molecule is NCc1ccc2c(ccn2Cc2ccccc2[N+](=O)[O-])c1. The summed E-state index contributed by atoms with van der Waals surface area (Å²) in [5, 5.41) is 12.2. The van der Waals surface area contributed by atoms with E-state index in [-0.39, 0.29) is 10.6 Å². The highest BCUT2D eigenvalue weighted by Gasteiger charge is 2.13. The van der Waals surface area contributed by atoms with Crippen LogP contribution < -0.4 is 5.73 Å².